The number of hydrogen-bond donors (Lipinski definition) is 0. The lowest BCUT2D eigenvalue weighted by Crippen LogP contribution is -2.30. The first-order valence-corrected chi connectivity index (χ1v) is 29.1. The zero-order valence-electron chi connectivity index (χ0n) is 44.8. The Balaban J connectivity index is 4.28. The van der Waals surface area contributed by atoms with Crippen molar-refractivity contribution in [3.8, 4) is 0 Å². The lowest BCUT2D eigenvalue weighted by Gasteiger charge is -2.18. The molecule has 0 saturated heterocycles. The molecule has 0 aromatic carbocycles. The van der Waals surface area contributed by atoms with Crippen LogP contribution in [0.25, 0.3) is 0 Å². The summed E-state index contributed by atoms with van der Waals surface area (Å²) in [5.74, 6) is 1.66. The fourth-order valence-electron chi connectivity index (χ4n) is 9.00. The van der Waals surface area contributed by atoms with Gasteiger partial charge in [-0.15, -0.1) is 0 Å². The fourth-order valence-corrected chi connectivity index (χ4v) is 9.00. The highest BCUT2D eigenvalue weighted by atomic mass is 16.6. The molecule has 0 spiro atoms. The first kappa shape index (κ1) is 63.4. The second-order valence-corrected chi connectivity index (χ2v) is 21.7. The van der Waals surface area contributed by atoms with Crippen molar-refractivity contribution in [1.29, 1.82) is 0 Å². The highest BCUT2D eigenvalue weighted by Crippen LogP contribution is 2.18. The average Bonchev–Trinajstić information content (AvgIpc) is 3.26. The molecule has 65 heavy (non-hydrogen) atoms. The molecule has 0 unspecified atom stereocenters. The molecule has 0 aromatic heterocycles. The van der Waals surface area contributed by atoms with Crippen molar-refractivity contribution >= 4 is 17.9 Å². The molecule has 6 heteroatoms. The number of hydrogen-bond acceptors (Lipinski definition) is 6. The minimum atomic E-state index is -0.764. The standard InChI is InChI=1S/C59H114O6/c1-53(2)45-39-33-27-21-16-12-9-7-8-10-14-19-25-32-38-44-50-59(62)65-56(52-64-58(61)49-43-37-31-26-20-23-29-35-41-47-55(5)6)51-63-57(60)48-42-36-30-24-18-15-11-13-17-22-28-34-40-46-54(3)4/h53-56H,7-52H2,1-6H3/t56-/m1/s1. The molecular weight excluding hydrogens is 805 g/mol. The van der Waals surface area contributed by atoms with Crippen LogP contribution in [0, 0.1) is 17.8 Å². The Kier molecular flexibility index (Phi) is 49.1. The zero-order chi connectivity index (χ0) is 47.7. The van der Waals surface area contributed by atoms with E-state index in [1.54, 1.807) is 0 Å². The highest BCUT2D eigenvalue weighted by molar-refractivity contribution is 5.71. The first-order chi connectivity index (χ1) is 31.6. The molecule has 0 aliphatic heterocycles. The lowest BCUT2D eigenvalue weighted by molar-refractivity contribution is -0.167. The van der Waals surface area contributed by atoms with Gasteiger partial charge in [-0.2, -0.15) is 0 Å². The summed E-state index contributed by atoms with van der Waals surface area (Å²) < 4.78 is 16.9. The SMILES string of the molecule is CC(C)CCCCCCCCCCCCCCCCCCC(=O)O[C@H](COC(=O)CCCCCCCCCCCCCCCC(C)C)COC(=O)CCCCCCCCCCCC(C)C. The molecule has 0 radical (unpaired) electrons. The van der Waals surface area contributed by atoms with Gasteiger partial charge in [0.25, 0.3) is 0 Å². The van der Waals surface area contributed by atoms with Crippen LogP contribution >= 0.6 is 0 Å². The minimum Gasteiger partial charge on any atom is -0.462 e. The largest absolute Gasteiger partial charge is 0.462 e. The van der Waals surface area contributed by atoms with Gasteiger partial charge in [0.2, 0.25) is 0 Å². The van der Waals surface area contributed by atoms with Crippen LogP contribution in [0.1, 0.15) is 324 Å². The van der Waals surface area contributed by atoms with Gasteiger partial charge in [-0.3, -0.25) is 14.4 Å². The Bertz CT molecular complexity index is 1010. The molecule has 6 nitrogen and oxygen atoms in total. The maximum atomic E-state index is 12.9. The van der Waals surface area contributed by atoms with Crippen LogP contribution in [0.3, 0.4) is 0 Å². The summed E-state index contributed by atoms with van der Waals surface area (Å²) in [5.41, 5.74) is 0. The van der Waals surface area contributed by atoms with Gasteiger partial charge < -0.3 is 14.2 Å². The van der Waals surface area contributed by atoms with Crippen molar-refractivity contribution in [2.75, 3.05) is 13.2 Å². The number of carbonyl (C=O) groups excluding carboxylic acids is 3. The zero-order valence-corrected chi connectivity index (χ0v) is 44.8. The summed E-state index contributed by atoms with van der Waals surface area (Å²) >= 11 is 0. The lowest BCUT2D eigenvalue weighted by atomic mass is 10.0. The number of rotatable bonds is 52. The monoisotopic (exact) mass is 919 g/mol. The molecule has 386 valence electrons. The van der Waals surface area contributed by atoms with E-state index in [0.717, 1.165) is 75.5 Å². The fraction of sp³-hybridized carbons (Fsp3) is 0.949. The van der Waals surface area contributed by atoms with Crippen molar-refractivity contribution in [1.82, 2.24) is 0 Å². The summed E-state index contributed by atoms with van der Waals surface area (Å²) in [7, 11) is 0. The van der Waals surface area contributed by atoms with Gasteiger partial charge in [-0.05, 0) is 37.0 Å². The van der Waals surface area contributed by atoms with E-state index in [2.05, 4.69) is 41.5 Å². The van der Waals surface area contributed by atoms with Crippen LogP contribution in [-0.2, 0) is 28.6 Å². The molecule has 0 heterocycles. The van der Waals surface area contributed by atoms with Crippen LogP contribution in [0.5, 0.6) is 0 Å². The van der Waals surface area contributed by atoms with Gasteiger partial charge >= 0.3 is 17.9 Å². The molecular formula is C59H114O6. The van der Waals surface area contributed by atoms with Crippen molar-refractivity contribution < 1.29 is 28.6 Å². The third-order valence-electron chi connectivity index (χ3n) is 13.4. The summed E-state index contributed by atoms with van der Waals surface area (Å²) in [4.78, 5) is 38.1. The first-order valence-electron chi connectivity index (χ1n) is 29.1. The van der Waals surface area contributed by atoms with E-state index >= 15 is 0 Å². The van der Waals surface area contributed by atoms with Crippen LogP contribution in [0.2, 0.25) is 0 Å². The Morgan fingerprint density at radius 3 is 0.662 bits per heavy atom. The van der Waals surface area contributed by atoms with Crippen LogP contribution in [0.4, 0.5) is 0 Å². The molecule has 0 rings (SSSR count). The molecule has 0 aliphatic rings. The van der Waals surface area contributed by atoms with Gasteiger partial charge in [-0.25, -0.2) is 0 Å². The molecule has 0 fully saturated rings. The van der Waals surface area contributed by atoms with E-state index < -0.39 is 6.10 Å². The van der Waals surface area contributed by atoms with Crippen molar-refractivity contribution in [2.24, 2.45) is 17.8 Å². The van der Waals surface area contributed by atoms with Gasteiger partial charge in [0.15, 0.2) is 6.10 Å². The summed E-state index contributed by atoms with van der Waals surface area (Å²) in [5, 5.41) is 0. The van der Waals surface area contributed by atoms with E-state index in [4.69, 9.17) is 14.2 Å². The van der Waals surface area contributed by atoms with E-state index in [1.165, 1.54) is 205 Å². The molecule has 0 saturated carbocycles. The quantitative estimate of drug-likeness (QED) is 0.0344. The smallest absolute Gasteiger partial charge is 0.306 e. The third kappa shape index (κ3) is 53.2. The second-order valence-electron chi connectivity index (χ2n) is 21.7. The van der Waals surface area contributed by atoms with Gasteiger partial charge in [0.05, 0.1) is 0 Å². The van der Waals surface area contributed by atoms with Crippen LogP contribution < -0.4 is 0 Å². The minimum absolute atomic E-state index is 0.0637. The summed E-state index contributed by atoms with van der Waals surface area (Å²) in [6.07, 6.45) is 52.4. The number of carbonyl (C=O) groups is 3. The molecule has 0 aliphatic carbocycles. The highest BCUT2D eigenvalue weighted by Gasteiger charge is 2.19. The van der Waals surface area contributed by atoms with Crippen LogP contribution in [0.15, 0.2) is 0 Å². The van der Waals surface area contributed by atoms with Crippen molar-refractivity contribution in [3.05, 3.63) is 0 Å². The number of ether oxygens (including phenoxy) is 3. The van der Waals surface area contributed by atoms with E-state index in [0.29, 0.717) is 19.3 Å². The van der Waals surface area contributed by atoms with Gasteiger partial charge in [-0.1, -0.05) is 286 Å². The summed E-state index contributed by atoms with van der Waals surface area (Å²) in [6, 6.07) is 0. The summed E-state index contributed by atoms with van der Waals surface area (Å²) in [6.45, 7) is 13.8. The molecule has 1 atom stereocenters. The Morgan fingerprint density at radius 2 is 0.446 bits per heavy atom. The van der Waals surface area contributed by atoms with Gasteiger partial charge in [0.1, 0.15) is 13.2 Å². The van der Waals surface area contributed by atoms with E-state index in [9.17, 15) is 14.4 Å². The van der Waals surface area contributed by atoms with Crippen LogP contribution in [-0.4, -0.2) is 37.2 Å². The molecule has 0 bridgehead atoms. The van der Waals surface area contributed by atoms with Crippen molar-refractivity contribution in [2.45, 2.75) is 330 Å². The Morgan fingerprint density at radius 1 is 0.262 bits per heavy atom. The predicted octanol–water partition coefficient (Wildman–Crippen LogP) is 19.1. The average molecular weight is 920 g/mol. The normalized spacial score (nSPS) is 12.1. The Labute approximate surface area is 406 Å². The second kappa shape index (κ2) is 50.3. The number of unbranched alkanes of at least 4 members (excludes halogenated alkanes) is 35. The Hall–Kier alpha value is -1.59. The molecule has 0 aromatic rings. The maximum absolute atomic E-state index is 12.9. The molecule has 0 N–H and O–H groups in total. The number of esters is 3. The van der Waals surface area contributed by atoms with Gasteiger partial charge in [0, 0.05) is 19.3 Å². The maximum Gasteiger partial charge on any atom is 0.306 e. The predicted molar refractivity (Wildman–Crippen MR) is 279 cm³/mol. The van der Waals surface area contributed by atoms with E-state index in [-0.39, 0.29) is 31.1 Å². The van der Waals surface area contributed by atoms with Crippen molar-refractivity contribution in [3.63, 3.8) is 0 Å². The molecule has 0 amide bonds. The third-order valence-corrected chi connectivity index (χ3v) is 13.4. The topological polar surface area (TPSA) is 78.9 Å². The van der Waals surface area contributed by atoms with E-state index in [1.807, 2.05) is 0 Å².